The van der Waals surface area contributed by atoms with E-state index in [1.807, 2.05) is 0 Å². The van der Waals surface area contributed by atoms with Crippen molar-refractivity contribution in [3.8, 4) is 0 Å². The van der Waals surface area contributed by atoms with Crippen molar-refractivity contribution in [2.75, 3.05) is 40.4 Å². The number of rotatable bonds is 9. The lowest BCUT2D eigenvalue weighted by Gasteiger charge is -2.24. The number of methoxy groups -OCH3 is 1. The Labute approximate surface area is 88.8 Å². The Morgan fingerprint density at radius 1 is 1.43 bits per heavy atom. The molecule has 0 radical (unpaired) electrons. The summed E-state index contributed by atoms with van der Waals surface area (Å²) in [6.45, 7) is 8.50. The summed E-state index contributed by atoms with van der Waals surface area (Å²) in [6, 6.07) is 0.656. The predicted molar refractivity (Wildman–Crippen MR) is 61.7 cm³/mol. The van der Waals surface area contributed by atoms with Crippen LogP contribution in [-0.2, 0) is 4.74 Å². The van der Waals surface area contributed by atoms with E-state index in [1.54, 1.807) is 7.11 Å². The van der Waals surface area contributed by atoms with Crippen LogP contribution in [0.3, 0.4) is 0 Å². The van der Waals surface area contributed by atoms with E-state index >= 15 is 0 Å². The van der Waals surface area contributed by atoms with Crippen molar-refractivity contribution in [1.29, 1.82) is 0 Å². The maximum absolute atomic E-state index is 5.05. The van der Waals surface area contributed by atoms with Crippen LogP contribution in [0.25, 0.3) is 0 Å². The Bertz CT molecular complexity index is 120. The Balaban J connectivity index is 3.36. The third-order valence-corrected chi connectivity index (χ3v) is 2.63. The van der Waals surface area contributed by atoms with Crippen LogP contribution in [0.1, 0.15) is 26.7 Å². The van der Waals surface area contributed by atoms with Crippen LogP contribution < -0.4 is 5.32 Å². The minimum absolute atomic E-state index is 0.656. The van der Waals surface area contributed by atoms with Crippen LogP contribution in [0.4, 0.5) is 0 Å². The van der Waals surface area contributed by atoms with Gasteiger partial charge >= 0.3 is 0 Å². The standard InChI is InChI=1S/C11H26N2O/c1-5-12-8-6-7-11(2)13(3)9-10-14-4/h11-12H,5-10H2,1-4H3. The Morgan fingerprint density at radius 3 is 2.71 bits per heavy atom. The average molecular weight is 202 g/mol. The zero-order valence-electron chi connectivity index (χ0n) is 10.2. The first-order chi connectivity index (χ1) is 6.72. The van der Waals surface area contributed by atoms with E-state index in [9.17, 15) is 0 Å². The molecule has 0 fully saturated rings. The summed E-state index contributed by atoms with van der Waals surface area (Å²) >= 11 is 0. The van der Waals surface area contributed by atoms with Gasteiger partial charge in [-0.25, -0.2) is 0 Å². The maximum Gasteiger partial charge on any atom is 0.0589 e. The monoisotopic (exact) mass is 202 g/mol. The number of likely N-dealkylation sites (N-methyl/N-ethyl adjacent to an activating group) is 1. The molecule has 1 N–H and O–H groups in total. The van der Waals surface area contributed by atoms with Crippen molar-refractivity contribution < 1.29 is 4.74 Å². The van der Waals surface area contributed by atoms with Gasteiger partial charge in [0.15, 0.2) is 0 Å². The molecule has 0 bridgehead atoms. The lowest BCUT2D eigenvalue weighted by molar-refractivity contribution is 0.139. The van der Waals surface area contributed by atoms with Gasteiger partial charge < -0.3 is 15.0 Å². The summed E-state index contributed by atoms with van der Waals surface area (Å²) in [6.07, 6.45) is 2.51. The van der Waals surface area contributed by atoms with Gasteiger partial charge in [0.2, 0.25) is 0 Å². The minimum atomic E-state index is 0.656. The molecule has 0 aliphatic carbocycles. The molecule has 0 aliphatic heterocycles. The molecular weight excluding hydrogens is 176 g/mol. The average Bonchev–Trinajstić information content (AvgIpc) is 2.20. The van der Waals surface area contributed by atoms with Crippen molar-refractivity contribution >= 4 is 0 Å². The van der Waals surface area contributed by atoms with Gasteiger partial charge in [0.25, 0.3) is 0 Å². The van der Waals surface area contributed by atoms with Gasteiger partial charge in [-0.3, -0.25) is 0 Å². The van der Waals surface area contributed by atoms with E-state index in [0.29, 0.717) is 6.04 Å². The zero-order valence-corrected chi connectivity index (χ0v) is 10.2. The normalized spacial score (nSPS) is 13.5. The molecule has 1 atom stereocenters. The third kappa shape index (κ3) is 7.30. The second-order valence-electron chi connectivity index (χ2n) is 3.82. The van der Waals surface area contributed by atoms with Gasteiger partial charge in [0.1, 0.15) is 0 Å². The molecule has 0 aromatic carbocycles. The smallest absolute Gasteiger partial charge is 0.0589 e. The minimum Gasteiger partial charge on any atom is -0.383 e. The van der Waals surface area contributed by atoms with Gasteiger partial charge in [0, 0.05) is 19.7 Å². The van der Waals surface area contributed by atoms with E-state index in [4.69, 9.17) is 4.74 Å². The van der Waals surface area contributed by atoms with E-state index in [2.05, 4.69) is 31.1 Å². The summed E-state index contributed by atoms with van der Waals surface area (Å²) < 4.78 is 5.05. The van der Waals surface area contributed by atoms with Crippen LogP contribution in [0.2, 0.25) is 0 Å². The molecule has 3 heteroatoms. The molecule has 0 rings (SSSR count). The van der Waals surface area contributed by atoms with Crippen molar-refractivity contribution in [2.45, 2.75) is 32.7 Å². The molecule has 0 aromatic heterocycles. The maximum atomic E-state index is 5.05. The van der Waals surface area contributed by atoms with Crippen molar-refractivity contribution in [2.24, 2.45) is 0 Å². The quantitative estimate of drug-likeness (QED) is 0.571. The lowest BCUT2D eigenvalue weighted by atomic mass is 10.1. The van der Waals surface area contributed by atoms with Crippen molar-refractivity contribution in [3.05, 3.63) is 0 Å². The highest BCUT2D eigenvalue weighted by atomic mass is 16.5. The summed E-state index contributed by atoms with van der Waals surface area (Å²) in [4.78, 5) is 2.36. The second-order valence-corrected chi connectivity index (χ2v) is 3.82. The van der Waals surface area contributed by atoms with Gasteiger partial charge in [-0.05, 0) is 39.9 Å². The van der Waals surface area contributed by atoms with E-state index in [0.717, 1.165) is 26.2 Å². The van der Waals surface area contributed by atoms with Gasteiger partial charge in [0.05, 0.1) is 6.61 Å². The molecule has 14 heavy (non-hydrogen) atoms. The summed E-state index contributed by atoms with van der Waals surface area (Å²) in [5, 5.41) is 3.34. The molecule has 1 unspecified atom stereocenters. The van der Waals surface area contributed by atoms with Crippen LogP contribution in [-0.4, -0.2) is 51.3 Å². The van der Waals surface area contributed by atoms with E-state index in [1.165, 1.54) is 12.8 Å². The third-order valence-electron chi connectivity index (χ3n) is 2.63. The Morgan fingerprint density at radius 2 is 2.14 bits per heavy atom. The van der Waals surface area contributed by atoms with Crippen molar-refractivity contribution in [3.63, 3.8) is 0 Å². The SMILES string of the molecule is CCNCCCC(C)N(C)CCOC. The summed E-state index contributed by atoms with van der Waals surface area (Å²) in [5.74, 6) is 0. The molecule has 3 nitrogen and oxygen atoms in total. The first kappa shape index (κ1) is 13.9. The van der Waals surface area contributed by atoms with Gasteiger partial charge in [-0.15, -0.1) is 0 Å². The topological polar surface area (TPSA) is 24.5 Å². The fraction of sp³-hybridized carbons (Fsp3) is 1.00. The molecule has 0 saturated heterocycles. The summed E-state index contributed by atoms with van der Waals surface area (Å²) in [5.41, 5.74) is 0. The summed E-state index contributed by atoms with van der Waals surface area (Å²) in [7, 11) is 3.92. The zero-order chi connectivity index (χ0) is 10.8. The highest BCUT2D eigenvalue weighted by molar-refractivity contribution is 4.63. The van der Waals surface area contributed by atoms with Crippen LogP contribution in [0, 0.1) is 0 Å². The van der Waals surface area contributed by atoms with E-state index in [-0.39, 0.29) is 0 Å². The van der Waals surface area contributed by atoms with Gasteiger partial charge in [-0.2, -0.15) is 0 Å². The molecular formula is C11H26N2O. The first-order valence-corrected chi connectivity index (χ1v) is 5.62. The Kier molecular flexibility index (Phi) is 9.35. The van der Waals surface area contributed by atoms with Crippen LogP contribution in [0.5, 0.6) is 0 Å². The Hall–Kier alpha value is -0.120. The fourth-order valence-corrected chi connectivity index (χ4v) is 1.38. The molecule has 0 saturated carbocycles. The van der Waals surface area contributed by atoms with Crippen molar-refractivity contribution in [1.82, 2.24) is 10.2 Å². The first-order valence-electron chi connectivity index (χ1n) is 5.62. The number of ether oxygens (including phenoxy) is 1. The predicted octanol–water partition coefficient (Wildman–Crippen LogP) is 1.34. The van der Waals surface area contributed by atoms with Gasteiger partial charge in [-0.1, -0.05) is 6.92 Å². The number of hydrogen-bond acceptors (Lipinski definition) is 3. The van der Waals surface area contributed by atoms with E-state index < -0.39 is 0 Å². The second kappa shape index (κ2) is 9.44. The molecule has 0 aliphatic rings. The van der Waals surface area contributed by atoms with Crippen LogP contribution >= 0.6 is 0 Å². The number of hydrogen-bond donors (Lipinski definition) is 1. The highest BCUT2D eigenvalue weighted by Gasteiger charge is 2.07. The number of nitrogens with one attached hydrogen (secondary N) is 1. The molecule has 86 valence electrons. The largest absolute Gasteiger partial charge is 0.383 e. The molecule has 0 aromatic rings. The highest BCUT2D eigenvalue weighted by Crippen LogP contribution is 2.03. The van der Waals surface area contributed by atoms with Crippen LogP contribution in [0.15, 0.2) is 0 Å². The molecule has 0 heterocycles. The lowest BCUT2D eigenvalue weighted by Crippen LogP contribution is -2.32. The molecule has 0 spiro atoms. The fourth-order valence-electron chi connectivity index (χ4n) is 1.38. The molecule has 0 amide bonds. The number of nitrogens with zero attached hydrogens (tertiary/aromatic N) is 1.